The second-order valence-corrected chi connectivity index (χ2v) is 8.44. The van der Waals surface area contributed by atoms with Gasteiger partial charge in [-0.25, -0.2) is 4.79 Å². The van der Waals surface area contributed by atoms with Gasteiger partial charge in [-0.1, -0.05) is 68.4 Å². The molecule has 0 amide bonds. The molecule has 2 unspecified atom stereocenters. The molecule has 0 bridgehead atoms. The lowest BCUT2D eigenvalue weighted by atomic mass is 9.97. The zero-order valence-electron chi connectivity index (χ0n) is 19.2. The first kappa shape index (κ1) is 22.5. The molecule has 0 aliphatic heterocycles. The Morgan fingerprint density at radius 1 is 0.758 bits per heavy atom. The van der Waals surface area contributed by atoms with Crippen LogP contribution in [0, 0.1) is 5.92 Å². The fourth-order valence-electron chi connectivity index (χ4n) is 3.82. The van der Waals surface area contributed by atoms with E-state index in [2.05, 4.69) is 42.5 Å². The zero-order valence-corrected chi connectivity index (χ0v) is 19.2. The summed E-state index contributed by atoms with van der Waals surface area (Å²) in [6.45, 7) is 5.13. The van der Waals surface area contributed by atoms with Crippen molar-refractivity contribution in [2.75, 3.05) is 6.61 Å². The van der Waals surface area contributed by atoms with Gasteiger partial charge < -0.3 is 9.47 Å². The zero-order chi connectivity index (χ0) is 23.4. The summed E-state index contributed by atoms with van der Waals surface area (Å²) >= 11 is 0. The molecule has 2 atom stereocenters. The predicted octanol–water partition coefficient (Wildman–Crippen LogP) is 6.85. The summed E-state index contributed by atoms with van der Waals surface area (Å²) in [4.78, 5) is 23.9. The van der Waals surface area contributed by atoms with Gasteiger partial charge in [0.25, 0.3) is 0 Å². The van der Waals surface area contributed by atoms with Crippen molar-refractivity contribution >= 4 is 33.5 Å². The van der Waals surface area contributed by atoms with Gasteiger partial charge in [0, 0.05) is 0 Å². The molecule has 0 aliphatic rings. The number of ether oxygens (including phenoxy) is 2. The van der Waals surface area contributed by atoms with Crippen molar-refractivity contribution in [2.45, 2.75) is 33.3 Å². The summed E-state index contributed by atoms with van der Waals surface area (Å²) in [6.07, 6.45) is 0.221. The maximum atomic E-state index is 12.2. The molecule has 168 valence electrons. The van der Waals surface area contributed by atoms with Crippen LogP contribution in [0.1, 0.15) is 38.9 Å². The van der Waals surface area contributed by atoms with Gasteiger partial charge in [0.2, 0.25) is 0 Å². The van der Waals surface area contributed by atoms with Gasteiger partial charge in [0.1, 0.15) is 6.10 Å². The summed E-state index contributed by atoms with van der Waals surface area (Å²) in [7, 11) is 0. The second kappa shape index (κ2) is 9.86. The summed E-state index contributed by atoms with van der Waals surface area (Å²) in [6, 6.07) is 27.2. The molecule has 0 spiro atoms. The minimum Gasteiger partial charge on any atom is -0.455 e. The molecule has 4 aromatic rings. The summed E-state index contributed by atoms with van der Waals surface area (Å²) in [5.74, 6) is -1.16. The molecule has 0 aliphatic carbocycles. The summed E-state index contributed by atoms with van der Waals surface area (Å²) < 4.78 is 10.5. The molecule has 4 aromatic carbocycles. The molecule has 0 heterocycles. The fourth-order valence-corrected chi connectivity index (χ4v) is 3.82. The fraction of sp³-hybridized carbons (Fsp3) is 0.241. The number of rotatable bonds is 7. The number of hydrogen-bond acceptors (Lipinski definition) is 4. The Kier molecular flexibility index (Phi) is 6.74. The van der Waals surface area contributed by atoms with Crippen LogP contribution in [0.15, 0.2) is 78.9 Å². The van der Waals surface area contributed by atoms with Crippen LogP contribution in [-0.4, -0.2) is 18.5 Å². The van der Waals surface area contributed by atoms with Crippen molar-refractivity contribution in [1.29, 1.82) is 0 Å². The molecule has 0 N–H and O–H groups in total. The van der Waals surface area contributed by atoms with E-state index in [1.807, 2.05) is 50.2 Å². The van der Waals surface area contributed by atoms with E-state index >= 15 is 0 Å². The molecule has 0 saturated heterocycles. The topological polar surface area (TPSA) is 52.6 Å². The molecule has 4 heteroatoms. The second-order valence-electron chi connectivity index (χ2n) is 8.44. The van der Waals surface area contributed by atoms with Crippen LogP contribution in [-0.2, 0) is 19.1 Å². The molecule has 33 heavy (non-hydrogen) atoms. The van der Waals surface area contributed by atoms with E-state index < -0.39 is 12.1 Å². The average molecular weight is 441 g/mol. The van der Waals surface area contributed by atoms with Gasteiger partial charge in [-0.15, -0.1) is 0 Å². The van der Waals surface area contributed by atoms with Gasteiger partial charge in [-0.2, -0.15) is 0 Å². The van der Waals surface area contributed by atoms with Crippen LogP contribution < -0.4 is 0 Å². The molecule has 4 nitrogen and oxygen atoms in total. The lowest BCUT2D eigenvalue weighted by Gasteiger charge is -2.15. The van der Waals surface area contributed by atoms with Crippen LogP contribution >= 0.6 is 0 Å². The standard InChI is InChI=1S/C29H28O4/c1-4-19(2)29(31)32-18-28(30)33-20(3)22-10-11-24-15-25-13-12-23(21-8-6-5-7-9-21)16-27(25)17-26(24)14-22/h5-17,19-20H,4,18H2,1-3H3. The van der Waals surface area contributed by atoms with Crippen LogP contribution in [0.4, 0.5) is 0 Å². The number of hydrogen-bond donors (Lipinski definition) is 0. The Morgan fingerprint density at radius 3 is 2.15 bits per heavy atom. The van der Waals surface area contributed by atoms with E-state index in [0.29, 0.717) is 6.42 Å². The summed E-state index contributed by atoms with van der Waals surface area (Å²) in [5.41, 5.74) is 3.25. The number of benzene rings is 4. The van der Waals surface area contributed by atoms with Crippen LogP contribution in [0.25, 0.3) is 32.7 Å². The SMILES string of the molecule is CCC(C)C(=O)OCC(=O)OC(C)c1ccc2cc3ccc(-c4ccccc4)cc3cc2c1. The third kappa shape index (κ3) is 5.23. The Balaban J connectivity index is 1.53. The van der Waals surface area contributed by atoms with Gasteiger partial charge >= 0.3 is 11.9 Å². The predicted molar refractivity (Wildman–Crippen MR) is 132 cm³/mol. The van der Waals surface area contributed by atoms with Crippen molar-refractivity contribution in [3.8, 4) is 11.1 Å². The first-order valence-electron chi connectivity index (χ1n) is 11.3. The molecule has 0 aromatic heterocycles. The molecule has 0 saturated carbocycles. The van der Waals surface area contributed by atoms with E-state index in [-0.39, 0.29) is 18.5 Å². The lowest BCUT2D eigenvalue weighted by Crippen LogP contribution is -2.21. The average Bonchev–Trinajstić information content (AvgIpc) is 2.85. The number of esters is 2. The Morgan fingerprint density at radius 2 is 1.42 bits per heavy atom. The highest BCUT2D eigenvalue weighted by Crippen LogP contribution is 2.30. The smallest absolute Gasteiger partial charge is 0.344 e. The lowest BCUT2D eigenvalue weighted by molar-refractivity contribution is -0.164. The van der Waals surface area contributed by atoms with Crippen molar-refractivity contribution in [2.24, 2.45) is 5.92 Å². The van der Waals surface area contributed by atoms with Crippen LogP contribution in [0.3, 0.4) is 0 Å². The van der Waals surface area contributed by atoms with E-state index in [1.165, 1.54) is 16.5 Å². The van der Waals surface area contributed by atoms with Crippen molar-refractivity contribution in [1.82, 2.24) is 0 Å². The number of carbonyl (C=O) groups is 2. The summed E-state index contributed by atoms with van der Waals surface area (Å²) in [5, 5.41) is 4.54. The van der Waals surface area contributed by atoms with Gasteiger partial charge in [-0.3, -0.25) is 4.79 Å². The van der Waals surface area contributed by atoms with E-state index in [9.17, 15) is 9.59 Å². The Hall–Kier alpha value is -3.66. The highest BCUT2D eigenvalue weighted by molar-refractivity contribution is 6.00. The molecule has 0 radical (unpaired) electrons. The minimum atomic E-state index is -0.551. The van der Waals surface area contributed by atoms with Gasteiger partial charge in [-0.05, 0) is 75.8 Å². The highest BCUT2D eigenvalue weighted by Gasteiger charge is 2.17. The normalized spacial score (nSPS) is 12.9. The number of carbonyl (C=O) groups excluding carboxylic acids is 2. The highest BCUT2D eigenvalue weighted by atomic mass is 16.6. The quantitative estimate of drug-likeness (QED) is 0.233. The van der Waals surface area contributed by atoms with E-state index in [1.54, 1.807) is 6.92 Å². The molecule has 4 rings (SSSR count). The number of fused-ring (bicyclic) bond motifs is 2. The van der Waals surface area contributed by atoms with E-state index in [4.69, 9.17) is 9.47 Å². The van der Waals surface area contributed by atoms with Crippen molar-refractivity contribution < 1.29 is 19.1 Å². The monoisotopic (exact) mass is 440 g/mol. The molecule has 0 fully saturated rings. The Bertz CT molecular complexity index is 1290. The molecular weight excluding hydrogens is 412 g/mol. The maximum absolute atomic E-state index is 12.2. The maximum Gasteiger partial charge on any atom is 0.344 e. The Labute approximate surface area is 194 Å². The largest absolute Gasteiger partial charge is 0.455 e. The minimum absolute atomic E-state index is 0.229. The first-order valence-corrected chi connectivity index (χ1v) is 11.3. The van der Waals surface area contributed by atoms with Gasteiger partial charge in [0.15, 0.2) is 6.61 Å². The first-order chi connectivity index (χ1) is 15.9. The third-order valence-electron chi connectivity index (χ3n) is 6.05. The third-order valence-corrected chi connectivity index (χ3v) is 6.05. The van der Waals surface area contributed by atoms with E-state index in [0.717, 1.165) is 21.7 Å². The van der Waals surface area contributed by atoms with Crippen molar-refractivity contribution in [3.63, 3.8) is 0 Å². The van der Waals surface area contributed by atoms with Crippen molar-refractivity contribution in [3.05, 3.63) is 84.4 Å². The molecular formula is C29H28O4. The van der Waals surface area contributed by atoms with Crippen LogP contribution in [0.2, 0.25) is 0 Å². The van der Waals surface area contributed by atoms with Gasteiger partial charge in [0.05, 0.1) is 5.92 Å². The van der Waals surface area contributed by atoms with Crippen LogP contribution in [0.5, 0.6) is 0 Å².